The highest BCUT2D eigenvalue weighted by atomic mass is 16.5. The van der Waals surface area contributed by atoms with Gasteiger partial charge in [-0.3, -0.25) is 4.79 Å². The lowest BCUT2D eigenvalue weighted by Gasteiger charge is -2.20. The average molecular weight is 269 g/mol. The first-order valence-electron chi connectivity index (χ1n) is 6.52. The lowest BCUT2D eigenvalue weighted by molar-refractivity contribution is 0.0992. The molecular weight excluding hydrogens is 250 g/mol. The normalized spacial score (nSPS) is 10.2. The second-order valence-electron chi connectivity index (χ2n) is 4.89. The summed E-state index contributed by atoms with van der Waals surface area (Å²) in [6.07, 6.45) is 0. The Morgan fingerprint density at radius 3 is 2.50 bits per heavy atom. The van der Waals surface area contributed by atoms with Gasteiger partial charge in [-0.25, -0.2) is 0 Å². The van der Waals surface area contributed by atoms with E-state index in [9.17, 15) is 4.79 Å². The molecule has 2 aromatic carbocycles. The average Bonchev–Trinajstić information content (AvgIpc) is 2.46. The maximum Gasteiger partial charge on any atom is 0.258 e. The van der Waals surface area contributed by atoms with E-state index in [0.717, 1.165) is 11.3 Å². The second kappa shape index (κ2) is 5.78. The molecule has 0 atom stereocenters. The highest BCUT2D eigenvalue weighted by molar-refractivity contribution is 6.06. The van der Waals surface area contributed by atoms with Gasteiger partial charge in [-0.1, -0.05) is 23.8 Å². The lowest BCUT2D eigenvalue weighted by atomic mass is 10.1. The number of hydrogen-bond donors (Lipinski definition) is 0. The highest BCUT2D eigenvalue weighted by Gasteiger charge is 2.15. The van der Waals surface area contributed by atoms with Crippen molar-refractivity contribution in [2.24, 2.45) is 0 Å². The monoisotopic (exact) mass is 269 g/mol. The fourth-order valence-electron chi connectivity index (χ4n) is 2.24. The molecule has 0 aliphatic rings. The Hall–Kier alpha value is -2.29. The quantitative estimate of drug-likeness (QED) is 0.852. The molecule has 0 aliphatic heterocycles. The van der Waals surface area contributed by atoms with Crippen molar-refractivity contribution in [3.63, 3.8) is 0 Å². The van der Waals surface area contributed by atoms with Crippen molar-refractivity contribution < 1.29 is 9.53 Å². The minimum absolute atomic E-state index is 0.0455. The number of hydrogen-bond acceptors (Lipinski definition) is 2. The van der Waals surface area contributed by atoms with Crippen LogP contribution in [0, 0.1) is 13.8 Å². The van der Waals surface area contributed by atoms with Crippen LogP contribution in [0.4, 0.5) is 5.69 Å². The summed E-state index contributed by atoms with van der Waals surface area (Å²) in [4.78, 5) is 14.2. The summed E-state index contributed by atoms with van der Waals surface area (Å²) in [7, 11) is 3.39. The van der Waals surface area contributed by atoms with E-state index in [2.05, 4.69) is 6.07 Å². The van der Waals surface area contributed by atoms with Crippen molar-refractivity contribution in [2.45, 2.75) is 13.8 Å². The van der Waals surface area contributed by atoms with Gasteiger partial charge < -0.3 is 9.64 Å². The number of aryl methyl sites for hydroxylation is 2. The number of benzene rings is 2. The molecule has 0 spiro atoms. The smallest absolute Gasteiger partial charge is 0.258 e. The van der Waals surface area contributed by atoms with Crippen molar-refractivity contribution in [1.29, 1.82) is 0 Å². The van der Waals surface area contributed by atoms with Crippen LogP contribution in [0.5, 0.6) is 5.75 Å². The van der Waals surface area contributed by atoms with Crippen molar-refractivity contribution in [2.75, 3.05) is 19.1 Å². The number of anilines is 1. The summed E-state index contributed by atoms with van der Waals surface area (Å²) in [5.41, 5.74) is 3.81. The number of amides is 1. The molecule has 0 saturated carbocycles. The maximum atomic E-state index is 12.5. The molecule has 104 valence electrons. The van der Waals surface area contributed by atoms with Crippen molar-refractivity contribution in [3.05, 3.63) is 59.2 Å². The molecule has 1 amide bonds. The first-order chi connectivity index (χ1) is 9.52. The molecule has 0 radical (unpaired) electrons. The standard InChI is InChI=1S/C17H19NO2/c1-12-8-9-16(13(2)10-12)18(3)17(19)14-6-5-7-15(11-14)20-4/h5-11H,1-4H3. The van der Waals surface area contributed by atoms with Gasteiger partial charge in [0.1, 0.15) is 5.75 Å². The largest absolute Gasteiger partial charge is 0.497 e. The van der Waals surface area contributed by atoms with E-state index in [-0.39, 0.29) is 5.91 Å². The Labute approximate surface area is 119 Å². The summed E-state index contributed by atoms with van der Waals surface area (Å²) in [5.74, 6) is 0.640. The summed E-state index contributed by atoms with van der Waals surface area (Å²) >= 11 is 0. The van der Waals surface area contributed by atoms with Gasteiger partial charge in [0.25, 0.3) is 5.91 Å². The third-order valence-electron chi connectivity index (χ3n) is 3.33. The summed E-state index contributed by atoms with van der Waals surface area (Å²) in [6.45, 7) is 4.05. The summed E-state index contributed by atoms with van der Waals surface area (Å²) < 4.78 is 5.16. The van der Waals surface area contributed by atoms with Gasteiger partial charge in [-0.15, -0.1) is 0 Å². The zero-order chi connectivity index (χ0) is 14.7. The van der Waals surface area contributed by atoms with Crippen LogP contribution in [0.1, 0.15) is 21.5 Å². The summed E-state index contributed by atoms with van der Waals surface area (Å²) in [6, 6.07) is 13.3. The van der Waals surface area contributed by atoms with E-state index >= 15 is 0 Å². The van der Waals surface area contributed by atoms with E-state index in [0.29, 0.717) is 11.3 Å². The predicted octanol–water partition coefficient (Wildman–Crippen LogP) is 3.59. The topological polar surface area (TPSA) is 29.5 Å². The molecule has 0 heterocycles. The molecular formula is C17H19NO2. The second-order valence-corrected chi connectivity index (χ2v) is 4.89. The zero-order valence-electron chi connectivity index (χ0n) is 12.3. The van der Waals surface area contributed by atoms with Crippen LogP contribution in [-0.2, 0) is 0 Å². The molecule has 0 aliphatic carbocycles. The van der Waals surface area contributed by atoms with Gasteiger partial charge in [-0.2, -0.15) is 0 Å². The molecule has 0 bridgehead atoms. The maximum absolute atomic E-state index is 12.5. The van der Waals surface area contributed by atoms with Gasteiger partial charge in [0.15, 0.2) is 0 Å². The summed E-state index contributed by atoms with van der Waals surface area (Å²) in [5, 5.41) is 0. The SMILES string of the molecule is COc1cccc(C(=O)N(C)c2ccc(C)cc2C)c1. The van der Waals surface area contributed by atoms with Crippen LogP contribution in [0.3, 0.4) is 0 Å². The molecule has 0 saturated heterocycles. The Bertz CT molecular complexity index is 635. The van der Waals surface area contributed by atoms with Crippen LogP contribution in [0.15, 0.2) is 42.5 Å². The van der Waals surface area contributed by atoms with E-state index in [1.54, 1.807) is 31.2 Å². The molecule has 0 aromatic heterocycles. The highest BCUT2D eigenvalue weighted by Crippen LogP contribution is 2.22. The first-order valence-corrected chi connectivity index (χ1v) is 6.52. The van der Waals surface area contributed by atoms with E-state index < -0.39 is 0 Å². The number of carbonyl (C=O) groups excluding carboxylic acids is 1. The van der Waals surface area contributed by atoms with Crippen LogP contribution < -0.4 is 9.64 Å². The molecule has 0 fully saturated rings. The Kier molecular flexibility index (Phi) is 4.08. The van der Waals surface area contributed by atoms with Gasteiger partial charge >= 0.3 is 0 Å². The molecule has 2 aromatic rings. The molecule has 0 unspecified atom stereocenters. The Morgan fingerprint density at radius 1 is 1.10 bits per heavy atom. The van der Waals surface area contributed by atoms with Crippen LogP contribution >= 0.6 is 0 Å². The first kappa shape index (κ1) is 14.1. The van der Waals surface area contributed by atoms with Crippen molar-refractivity contribution in [3.8, 4) is 5.75 Å². The number of nitrogens with zero attached hydrogens (tertiary/aromatic N) is 1. The molecule has 2 rings (SSSR count). The van der Waals surface area contributed by atoms with Crippen molar-refractivity contribution in [1.82, 2.24) is 0 Å². The molecule has 3 heteroatoms. The third kappa shape index (κ3) is 2.82. The fourth-order valence-corrected chi connectivity index (χ4v) is 2.24. The zero-order valence-corrected chi connectivity index (χ0v) is 12.3. The molecule has 0 N–H and O–H groups in total. The third-order valence-corrected chi connectivity index (χ3v) is 3.33. The molecule has 20 heavy (non-hydrogen) atoms. The van der Waals surface area contributed by atoms with Crippen LogP contribution in [-0.4, -0.2) is 20.1 Å². The van der Waals surface area contributed by atoms with Crippen molar-refractivity contribution >= 4 is 11.6 Å². The Balaban J connectivity index is 2.32. The van der Waals surface area contributed by atoms with Gasteiger partial charge in [-0.05, 0) is 43.7 Å². The minimum Gasteiger partial charge on any atom is -0.497 e. The Morgan fingerprint density at radius 2 is 1.85 bits per heavy atom. The number of carbonyl (C=O) groups is 1. The lowest BCUT2D eigenvalue weighted by Crippen LogP contribution is -2.26. The van der Waals surface area contributed by atoms with Gasteiger partial charge in [0.05, 0.1) is 7.11 Å². The number of methoxy groups -OCH3 is 1. The van der Waals surface area contributed by atoms with E-state index in [1.807, 2.05) is 38.1 Å². The van der Waals surface area contributed by atoms with E-state index in [4.69, 9.17) is 4.74 Å². The number of rotatable bonds is 3. The van der Waals surface area contributed by atoms with Crippen LogP contribution in [0.2, 0.25) is 0 Å². The van der Waals surface area contributed by atoms with Gasteiger partial charge in [0.2, 0.25) is 0 Å². The fraction of sp³-hybridized carbons (Fsp3) is 0.235. The number of ether oxygens (including phenoxy) is 1. The van der Waals surface area contributed by atoms with E-state index in [1.165, 1.54) is 5.56 Å². The molecule has 3 nitrogen and oxygen atoms in total. The predicted molar refractivity (Wildman–Crippen MR) is 81.6 cm³/mol. The van der Waals surface area contributed by atoms with Gasteiger partial charge in [0, 0.05) is 18.3 Å². The van der Waals surface area contributed by atoms with Crippen LogP contribution in [0.25, 0.3) is 0 Å². The minimum atomic E-state index is -0.0455.